The molecule has 1 saturated heterocycles. The summed E-state index contributed by atoms with van der Waals surface area (Å²) in [5.41, 5.74) is 3.80. The maximum Gasteiger partial charge on any atom is 0.251 e. The predicted molar refractivity (Wildman–Crippen MR) is 124 cm³/mol. The van der Waals surface area contributed by atoms with Gasteiger partial charge < -0.3 is 9.64 Å². The van der Waals surface area contributed by atoms with Crippen molar-refractivity contribution < 1.29 is 17.9 Å². The van der Waals surface area contributed by atoms with Gasteiger partial charge in [0.2, 0.25) is 10.0 Å². The SMILES string of the molecule is Cc1ccc(C)c(N(C(=O)/C=C/c2ccc(S(=O)(=O)N3CCOCC3)cc2)C(C)C)c1. The molecule has 0 bridgehead atoms. The lowest BCUT2D eigenvalue weighted by Crippen LogP contribution is -2.40. The summed E-state index contributed by atoms with van der Waals surface area (Å²) in [6.45, 7) is 9.52. The molecule has 2 aromatic rings. The van der Waals surface area contributed by atoms with E-state index in [1.54, 1.807) is 35.2 Å². The summed E-state index contributed by atoms with van der Waals surface area (Å²) >= 11 is 0. The summed E-state index contributed by atoms with van der Waals surface area (Å²) in [7, 11) is -3.53. The Labute approximate surface area is 185 Å². The Kier molecular flexibility index (Phi) is 7.30. The zero-order valence-electron chi connectivity index (χ0n) is 18.5. The summed E-state index contributed by atoms with van der Waals surface area (Å²) in [6.07, 6.45) is 3.25. The first-order chi connectivity index (χ1) is 14.7. The van der Waals surface area contributed by atoms with E-state index in [2.05, 4.69) is 0 Å². The van der Waals surface area contributed by atoms with Gasteiger partial charge in [0, 0.05) is 30.9 Å². The van der Waals surface area contributed by atoms with E-state index in [4.69, 9.17) is 4.74 Å². The summed E-state index contributed by atoms with van der Waals surface area (Å²) in [5, 5.41) is 0. The molecule has 0 N–H and O–H groups in total. The Morgan fingerprint density at radius 2 is 1.71 bits per heavy atom. The quantitative estimate of drug-likeness (QED) is 0.639. The zero-order chi connectivity index (χ0) is 22.6. The fourth-order valence-electron chi connectivity index (χ4n) is 3.57. The van der Waals surface area contributed by atoms with Crippen molar-refractivity contribution in [2.24, 2.45) is 0 Å². The fraction of sp³-hybridized carbons (Fsp3) is 0.375. The van der Waals surface area contributed by atoms with Crippen molar-refractivity contribution in [1.82, 2.24) is 4.31 Å². The Morgan fingerprint density at radius 1 is 1.06 bits per heavy atom. The molecular weight excluding hydrogens is 412 g/mol. The van der Waals surface area contributed by atoms with Crippen LogP contribution in [0.25, 0.3) is 6.08 Å². The second-order valence-corrected chi connectivity index (χ2v) is 9.95. The lowest BCUT2D eigenvalue weighted by molar-refractivity contribution is -0.114. The van der Waals surface area contributed by atoms with E-state index >= 15 is 0 Å². The van der Waals surface area contributed by atoms with Crippen molar-refractivity contribution in [2.75, 3.05) is 31.2 Å². The molecule has 0 spiro atoms. The highest BCUT2D eigenvalue weighted by Crippen LogP contribution is 2.24. The van der Waals surface area contributed by atoms with E-state index in [-0.39, 0.29) is 16.8 Å². The van der Waals surface area contributed by atoms with Crippen LogP contribution in [0.4, 0.5) is 5.69 Å². The number of aryl methyl sites for hydroxylation is 2. The van der Waals surface area contributed by atoms with Crippen LogP contribution in [0.3, 0.4) is 0 Å². The van der Waals surface area contributed by atoms with Gasteiger partial charge in [-0.15, -0.1) is 0 Å². The van der Waals surface area contributed by atoms with E-state index in [1.165, 1.54) is 10.4 Å². The smallest absolute Gasteiger partial charge is 0.251 e. The number of hydrogen-bond acceptors (Lipinski definition) is 4. The molecule has 1 aliphatic rings. The van der Waals surface area contributed by atoms with Gasteiger partial charge in [-0.25, -0.2) is 8.42 Å². The number of hydrogen-bond donors (Lipinski definition) is 0. The second kappa shape index (κ2) is 9.77. The van der Waals surface area contributed by atoms with Crippen molar-refractivity contribution in [3.8, 4) is 0 Å². The van der Waals surface area contributed by atoms with E-state index in [9.17, 15) is 13.2 Å². The number of ether oxygens (including phenoxy) is 1. The average Bonchev–Trinajstić information content (AvgIpc) is 2.75. The summed E-state index contributed by atoms with van der Waals surface area (Å²) in [5.74, 6) is -0.117. The molecule has 7 heteroatoms. The molecule has 1 aliphatic heterocycles. The Balaban J connectivity index is 1.77. The molecular formula is C24H30N2O4S. The minimum Gasteiger partial charge on any atom is -0.379 e. The van der Waals surface area contributed by atoms with E-state index in [1.807, 2.05) is 45.9 Å². The number of rotatable bonds is 6. The van der Waals surface area contributed by atoms with Gasteiger partial charge in [0.05, 0.1) is 18.1 Å². The third-order valence-electron chi connectivity index (χ3n) is 5.28. The standard InChI is InChI=1S/C24H30N2O4S/c1-18(2)26(23-17-19(3)5-6-20(23)4)24(27)12-9-21-7-10-22(11-8-21)31(28,29)25-13-15-30-16-14-25/h5-12,17-18H,13-16H2,1-4H3/b12-9+. The molecule has 2 aromatic carbocycles. The van der Waals surface area contributed by atoms with Gasteiger partial charge in [-0.3, -0.25) is 4.79 Å². The average molecular weight is 443 g/mol. The molecule has 0 aliphatic carbocycles. The summed E-state index contributed by atoms with van der Waals surface area (Å²) < 4.78 is 32.1. The van der Waals surface area contributed by atoms with Crippen molar-refractivity contribution >= 4 is 27.7 Å². The zero-order valence-corrected chi connectivity index (χ0v) is 19.4. The second-order valence-electron chi connectivity index (χ2n) is 8.01. The Morgan fingerprint density at radius 3 is 2.32 bits per heavy atom. The maximum absolute atomic E-state index is 13.0. The predicted octanol–water partition coefficient (Wildman–Crippen LogP) is 3.78. The number of nitrogens with zero attached hydrogens (tertiary/aromatic N) is 2. The number of carbonyl (C=O) groups is 1. The molecule has 1 fully saturated rings. The first kappa shape index (κ1) is 23.2. The van der Waals surface area contributed by atoms with Crippen molar-refractivity contribution in [3.63, 3.8) is 0 Å². The third-order valence-corrected chi connectivity index (χ3v) is 7.20. The van der Waals surface area contributed by atoms with E-state index < -0.39 is 10.0 Å². The normalized spacial score (nSPS) is 15.5. The van der Waals surface area contributed by atoms with Gasteiger partial charge in [-0.1, -0.05) is 24.3 Å². The monoisotopic (exact) mass is 442 g/mol. The topological polar surface area (TPSA) is 66.9 Å². The molecule has 0 saturated carbocycles. The largest absolute Gasteiger partial charge is 0.379 e. The van der Waals surface area contributed by atoms with Crippen LogP contribution in [-0.4, -0.2) is 51.0 Å². The molecule has 0 radical (unpaired) electrons. The molecule has 6 nitrogen and oxygen atoms in total. The van der Waals surface area contributed by atoms with Crippen LogP contribution in [-0.2, 0) is 19.6 Å². The maximum atomic E-state index is 13.0. The van der Waals surface area contributed by atoms with E-state index in [0.717, 1.165) is 22.4 Å². The Hall–Kier alpha value is -2.48. The van der Waals surface area contributed by atoms with Crippen LogP contribution in [0.2, 0.25) is 0 Å². The number of benzene rings is 2. The van der Waals surface area contributed by atoms with Crippen LogP contribution < -0.4 is 4.90 Å². The van der Waals surface area contributed by atoms with Gasteiger partial charge in [0.1, 0.15) is 0 Å². The van der Waals surface area contributed by atoms with Crippen LogP contribution in [0.15, 0.2) is 53.4 Å². The van der Waals surface area contributed by atoms with Gasteiger partial charge in [-0.05, 0) is 68.7 Å². The van der Waals surface area contributed by atoms with Gasteiger partial charge in [0.25, 0.3) is 5.91 Å². The first-order valence-corrected chi connectivity index (χ1v) is 11.9. The molecule has 31 heavy (non-hydrogen) atoms. The molecule has 1 heterocycles. The number of sulfonamides is 1. The number of anilines is 1. The number of carbonyl (C=O) groups excluding carboxylic acids is 1. The minimum absolute atomic E-state index is 0.00121. The van der Waals surface area contributed by atoms with Gasteiger partial charge in [-0.2, -0.15) is 4.31 Å². The third kappa shape index (κ3) is 5.42. The van der Waals surface area contributed by atoms with Crippen LogP contribution in [0, 0.1) is 13.8 Å². The molecule has 0 unspecified atom stereocenters. The molecule has 1 amide bonds. The summed E-state index contributed by atoms with van der Waals surface area (Å²) in [4.78, 5) is 15.0. The van der Waals surface area contributed by atoms with Crippen LogP contribution in [0.1, 0.15) is 30.5 Å². The number of amides is 1. The lowest BCUT2D eigenvalue weighted by atomic mass is 10.1. The fourth-order valence-corrected chi connectivity index (χ4v) is 4.97. The summed E-state index contributed by atoms with van der Waals surface area (Å²) in [6, 6.07) is 12.7. The van der Waals surface area contributed by atoms with Crippen molar-refractivity contribution in [2.45, 2.75) is 38.6 Å². The molecule has 3 rings (SSSR count). The highest BCUT2D eigenvalue weighted by Gasteiger charge is 2.26. The minimum atomic E-state index is -3.53. The lowest BCUT2D eigenvalue weighted by Gasteiger charge is -2.27. The molecule has 166 valence electrons. The molecule has 0 aromatic heterocycles. The number of morpholine rings is 1. The highest BCUT2D eigenvalue weighted by molar-refractivity contribution is 7.89. The highest BCUT2D eigenvalue weighted by atomic mass is 32.2. The Bertz CT molecular complexity index is 1050. The van der Waals surface area contributed by atoms with Crippen LogP contribution >= 0.6 is 0 Å². The van der Waals surface area contributed by atoms with Gasteiger partial charge in [0.15, 0.2) is 0 Å². The first-order valence-electron chi connectivity index (χ1n) is 10.5. The van der Waals surface area contributed by atoms with Crippen LogP contribution in [0.5, 0.6) is 0 Å². The van der Waals surface area contributed by atoms with E-state index in [0.29, 0.717) is 26.3 Å². The van der Waals surface area contributed by atoms with Crippen molar-refractivity contribution in [3.05, 3.63) is 65.2 Å². The van der Waals surface area contributed by atoms with Gasteiger partial charge >= 0.3 is 0 Å². The molecule has 0 atom stereocenters. The van der Waals surface area contributed by atoms with Crippen molar-refractivity contribution in [1.29, 1.82) is 0 Å².